The zero-order chi connectivity index (χ0) is 8.97. The van der Waals surface area contributed by atoms with E-state index in [1.54, 1.807) is 0 Å². The Hall–Kier alpha value is -1.69. The summed E-state index contributed by atoms with van der Waals surface area (Å²) in [6.45, 7) is 0. The number of ether oxygens (including phenoxy) is 1. The molecular weight excluding hydrogens is 164 g/mol. The first-order valence-corrected chi connectivity index (χ1v) is 3.01. The highest BCUT2D eigenvalue weighted by atomic mass is 17.1. The van der Waals surface area contributed by atoms with Gasteiger partial charge in [0.2, 0.25) is 0 Å². The van der Waals surface area contributed by atoms with Gasteiger partial charge in [0.1, 0.15) is 5.56 Å². The number of nitrogens with zero attached hydrogens (tertiary/aromatic N) is 2. The highest BCUT2D eigenvalue weighted by Gasteiger charge is 2.14. The summed E-state index contributed by atoms with van der Waals surface area (Å²) in [7, 11) is 1.21. The standard InChI is InChI=1S/C6H6N2O4/c1-11-6(9)4-2-3-7-8-5(4)12-10/h2-3,10H,1H3. The average molecular weight is 170 g/mol. The first-order chi connectivity index (χ1) is 5.79. The van der Waals surface area contributed by atoms with Crippen molar-refractivity contribution in [3.05, 3.63) is 17.8 Å². The molecule has 0 atom stereocenters. The number of rotatable bonds is 2. The molecule has 12 heavy (non-hydrogen) atoms. The van der Waals surface area contributed by atoms with Crippen molar-refractivity contribution in [2.24, 2.45) is 0 Å². The minimum Gasteiger partial charge on any atom is -0.465 e. The second-order valence-corrected chi connectivity index (χ2v) is 1.83. The number of aromatic nitrogens is 2. The van der Waals surface area contributed by atoms with Crippen molar-refractivity contribution < 1.29 is 19.7 Å². The molecule has 0 amide bonds. The van der Waals surface area contributed by atoms with Crippen LogP contribution in [-0.4, -0.2) is 28.5 Å². The zero-order valence-corrected chi connectivity index (χ0v) is 6.22. The molecule has 0 unspecified atom stereocenters. The van der Waals surface area contributed by atoms with Gasteiger partial charge in [0.25, 0.3) is 5.88 Å². The molecule has 1 heterocycles. The lowest BCUT2D eigenvalue weighted by Gasteiger charge is -2.00. The van der Waals surface area contributed by atoms with Gasteiger partial charge in [-0.05, 0) is 6.07 Å². The molecule has 0 aromatic carbocycles. The van der Waals surface area contributed by atoms with Gasteiger partial charge in [-0.15, -0.1) is 5.10 Å². The number of hydrogen-bond donors (Lipinski definition) is 1. The zero-order valence-electron chi connectivity index (χ0n) is 6.22. The van der Waals surface area contributed by atoms with Crippen molar-refractivity contribution in [3.63, 3.8) is 0 Å². The number of hydrogen-bond acceptors (Lipinski definition) is 6. The van der Waals surface area contributed by atoms with Gasteiger partial charge in [-0.3, -0.25) is 0 Å². The lowest BCUT2D eigenvalue weighted by Crippen LogP contribution is -2.06. The lowest BCUT2D eigenvalue weighted by atomic mass is 10.3. The third kappa shape index (κ3) is 1.48. The van der Waals surface area contributed by atoms with E-state index in [1.165, 1.54) is 19.4 Å². The molecule has 0 saturated heterocycles. The SMILES string of the molecule is COC(=O)c1ccnnc1OO. The topological polar surface area (TPSA) is 81.5 Å². The fraction of sp³-hybridized carbons (Fsp3) is 0.167. The van der Waals surface area contributed by atoms with Crippen LogP contribution < -0.4 is 4.89 Å². The molecule has 6 heteroatoms. The average Bonchev–Trinajstić information content (AvgIpc) is 2.16. The number of methoxy groups -OCH3 is 1. The van der Waals surface area contributed by atoms with E-state index in [0.717, 1.165) is 0 Å². The van der Waals surface area contributed by atoms with Crippen LogP contribution in [0.1, 0.15) is 10.4 Å². The van der Waals surface area contributed by atoms with Gasteiger partial charge < -0.3 is 9.62 Å². The van der Waals surface area contributed by atoms with Gasteiger partial charge in [0, 0.05) is 0 Å². The Morgan fingerprint density at radius 1 is 1.67 bits per heavy atom. The largest absolute Gasteiger partial charge is 0.465 e. The first kappa shape index (κ1) is 8.41. The molecule has 6 nitrogen and oxygen atoms in total. The third-order valence-corrected chi connectivity index (χ3v) is 1.18. The van der Waals surface area contributed by atoms with Crippen LogP contribution in [0.2, 0.25) is 0 Å². The van der Waals surface area contributed by atoms with Crippen LogP contribution in [0.15, 0.2) is 12.3 Å². The highest BCUT2D eigenvalue weighted by Crippen LogP contribution is 2.12. The Bertz CT molecular complexity index is 289. The van der Waals surface area contributed by atoms with E-state index in [1.807, 2.05) is 0 Å². The van der Waals surface area contributed by atoms with E-state index in [0.29, 0.717) is 0 Å². The van der Waals surface area contributed by atoms with Gasteiger partial charge in [-0.25, -0.2) is 10.1 Å². The van der Waals surface area contributed by atoms with Gasteiger partial charge in [0.15, 0.2) is 0 Å². The summed E-state index contributed by atoms with van der Waals surface area (Å²) in [5.74, 6) is -0.918. The van der Waals surface area contributed by atoms with Crippen LogP contribution in [-0.2, 0) is 4.74 Å². The second kappa shape index (κ2) is 3.63. The summed E-state index contributed by atoms with van der Waals surface area (Å²) < 4.78 is 4.38. The van der Waals surface area contributed by atoms with Gasteiger partial charge in [-0.1, -0.05) is 0 Å². The summed E-state index contributed by atoms with van der Waals surface area (Å²) in [5.41, 5.74) is 0.0231. The van der Waals surface area contributed by atoms with Crippen LogP contribution in [0.3, 0.4) is 0 Å². The normalized spacial score (nSPS) is 9.17. The quantitative estimate of drug-likeness (QED) is 0.385. The van der Waals surface area contributed by atoms with Crippen molar-refractivity contribution in [1.82, 2.24) is 10.2 Å². The summed E-state index contributed by atoms with van der Waals surface area (Å²) in [4.78, 5) is 14.7. The van der Waals surface area contributed by atoms with Crippen LogP contribution >= 0.6 is 0 Å². The molecule has 0 fully saturated rings. The van der Waals surface area contributed by atoms with Crippen molar-refractivity contribution in [2.75, 3.05) is 7.11 Å². The Kier molecular flexibility index (Phi) is 2.54. The van der Waals surface area contributed by atoms with Gasteiger partial charge in [0.05, 0.1) is 13.3 Å². The second-order valence-electron chi connectivity index (χ2n) is 1.83. The smallest absolute Gasteiger partial charge is 0.343 e. The Morgan fingerprint density at radius 2 is 2.42 bits per heavy atom. The van der Waals surface area contributed by atoms with E-state index < -0.39 is 5.97 Å². The molecule has 1 N–H and O–H groups in total. The summed E-state index contributed by atoms with van der Waals surface area (Å²) in [5, 5.41) is 15.0. The molecule has 0 bridgehead atoms. The fourth-order valence-corrected chi connectivity index (χ4v) is 0.652. The monoisotopic (exact) mass is 170 g/mol. The maximum absolute atomic E-state index is 10.9. The Balaban J connectivity index is 3.04. The molecular formula is C6H6N2O4. The minimum atomic E-state index is -0.644. The molecule has 0 radical (unpaired) electrons. The van der Waals surface area contributed by atoms with Crippen molar-refractivity contribution in [3.8, 4) is 5.88 Å². The maximum atomic E-state index is 10.9. The Labute approximate surface area is 67.7 Å². The summed E-state index contributed by atoms with van der Waals surface area (Å²) in [6, 6.07) is 1.32. The molecule has 1 rings (SSSR count). The van der Waals surface area contributed by atoms with Crippen molar-refractivity contribution in [1.29, 1.82) is 0 Å². The summed E-state index contributed by atoms with van der Waals surface area (Å²) in [6.07, 6.45) is 1.29. The summed E-state index contributed by atoms with van der Waals surface area (Å²) >= 11 is 0. The molecule has 0 aliphatic heterocycles. The van der Waals surface area contributed by atoms with E-state index in [4.69, 9.17) is 5.26 Å². The predicted molar refractivity (Wildman–Crippen MR) is 36.6 cm³/mol. The van der Waals surface area contributed by atoms with Crippen LogP contribution in [0.4, 0.5) is 0 Å². The molecule has 64 valence electrons. The maximum Gasteiger partial charge on any atom is 0.343 e. The van der Waals surface area contributed by atoms with Crippen molar-refractivity contribution in [2.45, 2.75) is 0 Å². The molecule has 0 aliphatic rings. The first-order valence-electron chi connectivity index (χ1n) is 3.01. The minimum absolute atomic E-state index is 0.0231. The molecule has 1 aromatic heterocycles. The van der Waals surface area contributed by atoms with Gasteiger partial charge in [-0.2, -0.15) is 5.10 Å². The molecule has 0 saturated carbocycles. The van der Waals surface area contributed by atoms with Gasteiger partial charge >= 0.3 is 5.97 Å². The van der Waals surface area contributed by atoms with Crippen LogP contribution in [0.5, 0.6) is 5.88 Å². The van der Waals surface area contributed by atoms with E-state index in [-0.39, 0.29) is 11.4 Å². The van der Waals surface area contributed by atoms with E-state index in [2.05, 4.69) is 19.8 Å². The molecule has 0 spiro atoms. The highest BCUT2D eigenvalue weighted by molar-refractivity contribution is 5.91. The number of carbonyl (C=O) groups is 1. The van der Waals surface area contributed by atoms with E-state index >= 15 is 0 Å². The predicted octanol–water partition coefficient (Wildman–Crippen LogP) is 0.115. The number of esters is 1. The van der Waals surface area contributed by atoms with Crippen molar-refractivity contribution >= 4 is 5.97 Å². The Morgan fingerprint density at radius 3 is 3.00 bits per heavy atom. The van der Waals surface area contributed by atoms with Crippen LogP contribution in [0, 0.1) is 0 Å². The lowest BCUT2D eigenvalue weighted by molar-refractivity contribution is -0.142. The molecule has 0 aliphatic carbocycles. The molecule has 1 aromatic rings. The third-order valence-electron chi connectivity index (χ3n) is 1.18. The number of carbonyl (C=O) groups excluding carboxylic acids is 1. The van der Waals surface area contributed by atoms with Crippen LogP contribution in [0.25, 0.3) is 0 Å². The van der Waals surface area contributed by atoms with E-state index in [9.17, 15) is 4.79 Å². The fourth-order valence-electron chi connectivity index (χ4n) is 0.652.